The Morgan fingerprint density at radius 3 is 2.40 bits per heavy atom. The van der Waals surface area contributed by atoms with Crippen molar-refractivity contribution in [2.24, 2.45) is 17.8 Å². The van der Waals surface area contributed by atoms with Gasteiger partial charge in [0.1, 0.15) is 12.3 Å². The minimum absolute atomic E-state index is 0.0188. The van der Waals surface area contributed by atoms with Gasteiger partial charge in [0.05, 0.1) is 29.8 Å². The Kier molecular flexibility index (Phi) is 7.40. The molecule has 7 aliphatic rings. The van der Waals surface area contributed by atoms with Gasteiger partial charge in [-0.3, -0.25) is 14.4 Å². The molecule has 0 aromatic rings. The molecule has 3 saturated heterocycles. The van der Waals surface area contributed by atoms with Crippen molar-refractivity contribution >= 4 is 17.6 Å². The molecule has 9 unspecified atom stereocenters. The van der Waals surface area contributed by atoms with Crippen molar-refractivity contribution in [2.45, 2.75) is 114 Å². The van der Waals surface area contributed by atoms with Crippen LogP contribution in [0, 0.1) is 17.8 Å². The first-order valence-electron chi connectivity index (χ1n) is 16.1. The zero-order valence-corrected chi connectivity index (χ0v) is 23.6. The van der Waals surface area contributed by atoms with Gasteiger partial charge in [0.25, 0.3) is 5.91 Å². The number of hydrogen-bond donors (Lipinski definition) is 1. The van der Waals surface area contributed by atoms with Crippen LogP contribution in [0.25, 0.3) is 0 Å². The first-order valence-corrected chi connectivity index (χ1v) is 16.1. The van der Waals surface area contributed by atoms with Gasteiger partial charge < -0.3 is 24.8 Å². The molecule has 2 amide bonds. The van der Waals surface area contributed by atoms with Crippen LogP contribution in [0.3, 0.4) is 0 Å². The maximum atomic E-state index is 16.0. The Morgan fingerprint density at radius 1 is 0.950 bits per heavy atom. The molecule has 0 aromatic heterocycles. The zero-order chi connectivity index (χ0) is 27.4. The second-order valence-corrected chi connectivity index (χ2v) is 13.6. The summed E-state index contributed by atoms with van der Waals surface area (Å²) in [5.41, 5.74) is 0.230. The molecule has 8 nitrogen and oxygen atoms in total. The van der Waals surface area contributed by atoms with Crippen molar-refractivity contribution in [1.29, 1.82) is 0 Å². The van der Waals surface area contributed by atoms with Crippen LogP contribution in [-0.4, -0.2) is 102 Å². The van der Waals surface area contributed by atoms with Crippen LogP contribution in [-0.2, 0) is 19.1 Å². The smallest absolute Gasteiger partial charge is 0.258 e. The summed E-state index contributed by atoms with van der Waals surface area (Å²) in [5.74, 6) is 0.0403. The number of fused-ring (bicyclic) bond motifs is 3. The van der Waals surface area contributed by atoms with Crippen LogP contribution in [0.4, 0.5) is 4.39 Å². The normalized spacial score (nSPS) is 41.2. The molecule has 40 heavy (non-hydrogen) atoms. The number of hydrogen-bond acceptors (Lipinski definition) is 6. The highest BCUT2D eigenvalue weighted by Gasteiger charge is 2.60. The molecule has 7 rings (SSSR count). The minimum atomic E-state index is -1.39. The monoisotopic (exact) mass is 556 g/mol. The predicted octanol–water partition coefficient (Wildman–Crippen LogP) is 2.81. The first kappa shape index (κ1) is 26.9. The molecule has 9 atom stereocenters. The lowest BCUT2D eigenvalue weighted by atomic mass is 9.65. The average molecular weight is 557 g/mol. The molecule has 4 aliphatic heterocycles. The third-order valence-electron chi connectivity index (χ3n) is 11.3. The van der Waals surface area contributed by atoms with E-state index in [0.29, 0.717) is 37.9 Å². The molecule has 3 aliphatic carbocycles. The summed E-state index contributed by atoms with van der Waals surface area (Å²) >= 11 is 0. The van der Waals surface area contributed by atoms with E-state index >= 15 is 4.39 Å². The number of carbonyl (C=O) groups excluding carboxylic acids is 3. The molecule has 0 spiro atoms. The van der Waals surface area contributed by atoms with Crippen LogP contribution in [0.1, 0.15) is 77.0 Å². The van der Waals surface area contributed by atoms with Gasteiger partial charge in [-0.15, -0.1) is 0 Å². The molecule has 220 valence electrons. The zero-order valence-electron chi connectivity index (χ0n) is 23.6. The Balaban J connectivity index is 1.17. The molecule has 9 heteroatoms. The van der Waals surface area contributed by atoms with E-state index in [4.69, 9.17) is 4.74 Å². The Bertz CT molecular complexity index is 1040. The SMILES string of the molecule is O=C(CCN1CCCC1)NC1C(F)CC2C(=O)C(C(=O)N3CCCC3)=CN3C4CC5CCCCC5CC4OC1C23. The van der Waals surface area contributed by atoms with Crippen LogP contribution >= 0.6 is 0 Å². The van der Waals surface area contributed by atoms with Gasteiger partial charge in [-0.1, -0.05) is 25.7 Å². The third-order valence-corrected chi connectivity index (χ3v) is 11.3. The number of carbonyl (C=O) groups is 3. The van der Waals surface area contributed by atoms with Crippen molar-refractivity contribution in [3.8, 4) is 0 Å². The number of rotatable bonds is 5. The topological polar surface area (TPSA) is 82.2 Å². The molecular weight excluding hydrogens is 511 g/mol. The van der Waals surface area contributed by atoms with Gasteiger partial charge in [0.2, 0.25) is 5.91 Å². The van der Waals surface area contributed by atoms with E-state index in [1.165, 1.54) is 38.5 Å². The number of nitrogens with zero attached hydrogens (tertiary/aromatic N) is 3. The summed E-state index contributed by atoms with van der Waals surface area (Å²) in [6, 6.07) is -1.04. The van der Waals surface area contributed by atoms with E-state index in [1.54, 1.807) is 4.90 Å². The molecule has 4 heterocycles. The molecule has 3 saturated carbocycles. The predicted molar refractivity (Wildman–Crippen MR) is 147 cm³/mol. The standard InChI is InChI=1S/C31H45FN4O4/c32-23-17-21-28-30(27(23)33-26(37)9-14-34-10-3-4-11-34)40-25-16-20-8-2-1-7-19(20)15-24(25)36(28)18-22(29(21)38)31(39)35-12-5-6-13-35/h18-21,23-25,27-28,30H,1-17H2,(H,33,37). The lowest BCUT2D eigenvalue weighted by Gasteiger charge is -2.60. The van der Waals surface area contributed by atoms with Crippen molar-refractivity contribution in [1.82, 2.24) is 20.0 Å². The number of morpholine rings is 1. The quantitative estimate of drug-likeness (QED) is 0.525. The average Bonchev–Trinajstić information content (AvgIpc) is 3.69. The lowest BCUT2D eigenvalue weighted by Crippen LogP contribution is -2.73. The number of ketones is 1. The van der Waals surface area contributed by atoms with E-state index in [2.05, 4.69) is 15.1 Å². The number of alkyl halides is 1. The minimum Gasteiger partial charge on any atom is -0.368 e. The summed E-state index contributed by atoms with van der Waals surface area (Å²) < 4.78 is 22.8. The second-order valence-electron chi connectivity index (χ2n) is 13.6. The summed E-state index contributed by atoms with van der Waals surface area (Å²) in [7, 11) is 0. The fourth-order valence-corrected chi connectivity index (χ4v) is 9.23. The fourth-order valence-electron chi connectivity index (χ4n) is 9.23. The van der Waals surface area contributed by atoms with Gasteiger partial charge in [-0.05, 0) is 69.9 Å². The summed E-state index contributed by atoms with van der Waals surface area (Å²) in [6.07, 6.45) is 11.2. The van der Waals surface area contributed by atoms with Crippen LogP contribution in [0.15, 0.2) is 11.8 Å². The highest BCUT2D eigenvalue weighted by atomic mass is 19.1. The fraction of sp³-hybridized carbons (Fsp3) is 0.839. The number of nitrogens with one attached hydrogen (secondary N) is 1. The Labute approximate surface area is 237 Å². The van der Waals surface area contributed by atoms with Gasteiger partial charge in [0.15, 0.2) is 5.78 Å². The Morgan fingerprint density at radius 2 is 1.65 bits per heavy atom. The van der Waals surface area contributed by atoms with E-state index in [9.17, 15) is 14.4 Å². The van der Waals surface area contributed by atoms with E-state index in [1.807, 2.05) is 6.20 Å². The second kappa shape index (κ2) is 11.0. The maximum Gasteiger partial charge on any atom is 0.258 e. The number of ether oxygens (including phenoxy) is 1. The molecule has 0 bridgehead atoms. The summed E-state index contributed by atoms with van der Waals surface area (Å²) in [5, 5.41) is 3.03. The van der Waals surface area contributed by atoms with E-state index < -0.39 is 24.2 Å². The van der Waals surface area contributed by atoms with Crippen molar-refractivity contribution < 1.29 is 23.5 Å². The third kappa shape index (κ3) is 4.79. The van der Waals surface area contributed by atoms with Crippen LogP contribution < -0.4 is 5.32 Å². The summed E-state index contributed by atoms with van der Waals surface area (Å²) in [6.45, 7) is 4.08. The first-order chi connectivity index (χ1) is 19.5. The Hall–Kier alpha value is -2.00. The number of Topliss-reactive ketones (excluding diaryl/α,β-unsaturated/α-hetero) is 1. The molecule has 1 N–H and O–H groups in total. The van der Waals surface area contributed by atoms with Gasteiger partial charge in [-0.2, -0.15) is 0 Å². The lowest BCUT2D eigenvalue weighted by molar-refractivity contribution is -0.208. The van der Waals surface area contributed by atoms with Gasteiger partial charge in [-0.25, -0.2) is 4.39 Å². The van der Waals surface area contributed by atoms with Crippen molar-refractivity contribution in [3.05, 3.63) is 11.8 Å². The highest BCUT2D eigenvalue weighted by molar-refractivity contribution is 6.20. The van der Waals surface area contributed by atoms with Gasteiger partial charge in [0, 0.05) is 38.2 Å². The van der Waals surface area contributed by atoms with Crippen molar-refractivity contribution in [2.75, 3.05) is 32.7 Å². The van der Waals surface area contributed by atoms with Gasteiger partial charge >= 0.3 is 0 Å². The van der Waals surface area contributed by atoms with Crippen LogP contribution in [0.5, 0.6) is 0 Å². The molecular formula is C31H45FN4O4. The number of halogens is 1. The molecule has 6 fully saturated rings. The number of amides is 2. The largest absolute Gasteiger partial charge is 0.368 e. The maximum absolute atomic E-state index is 16.0. The van der Waals surface area contributed by atoms with Crippen LogP contribution in [0.2, 0.25) is 0 Å². The summed E-state index contributed by atoms with van der Waals surface area (Å²) in [4.78, 5) is 46.8. The molecule has 0 aromatic carbocycles. The van der Waals surface area contributed by atoms with E-state index in [0.717, 1.165) is 38.8 Å². The van der Waals surface area contributed by atoms with E-state index in [-0.39, 0.29) is 47.8 Å². The molecule has 0 radical (unpaired) electrons. The highest BCUT2D eigenvalue weighted by Crippen LogP contribution is 2.50. The van der Waals surface area contributed by atoms with Crippen molar-refractivity contribution in [3.63, 3.8) is 0 Å². The number of likely N-dealkylation sites (tertiary alicyclic amines) is 2.